The highest BCUT2D eigenvalue weighted by atomic mass is 35.5. The SMILES string of the molecule is CC(O)(C(=O)Nc1ccc(S(=O)(=O)N2CCSCC2)cc1Cl)C(F)(F)F. The Bertz CT molecular complexity index is 794. The number of rotatable bonds is 4. The van der Waals surface area contributed by atoms with E-state index in [1.165, 1.54) is 4.31 Å². The molecule has 0 bridgehead atoms. The Labute approximate surface area is 157 Å². The Morgan fingerprint density at radius 2 is 1.88 bits per heavy atom. The van der Waals surface area contributed by atoms with Gasteiger partial charge in [0.2, 0.25) is 15.6 Å². The number of sulfonamides is 1. The summed E-state index contributed by atoms with van der Waals surface area (Å²) in [6.45, 7) is 0.999. The molecule has 0 saturated carbocycles. The van der Waals surface area contributed by atoms with E-state index in [4.69, 9.17) is 11.6 Å². The summed E-state index contributed by atoms with van der Waals surface area (Å²) in [7, 11) is -3.79. The summed E-state index contributed by atoms with van der Waals surface area (Å²) in [4.78, 5) is 11.6. The predicted molar refractivity (Wildman–Crippen MR) is 92.8 cm³/mol. The number of hydrogen-bond donors (Lipinski definition) is 2. The molecule has 2 N–H and O–H groups in total. The molecule has 12 heteroatoms. The van der Waals surface area contributed by atoms with E-state index in [-0.39, 0.29) is 15.6 Å². The molecular weight excluding hydrogens is 417 g/mol. The first-order valence-electron chi connectivity index (χ1n) is 7.35. The second-order valence-electron chi connectivity index (χ2n) is 5.68. The number of alkyl halides is 3. The minimum absolute atomic E-state index is 0.130. The lowest BCUT2D eigenvalue weighted by molar-refractivity contribution is -0.242. The van der Waals surface area contributed by atoms with Crippen molar-refractivity contribution in [2.45, 2.75) is 23.6 Å². The fourth-order valence-electron chi connectivity index (χ4n) is 2.07. The molecule has 2 rings (SSSR count). The summed E-state index contributed by atoms with van der Waals surface area (Å²) in [5, 5.41) is 10.9. The molecule has 0 aliphatic carbocycles. The maximum Gasteiger partial charge on any atom is 0.426 e. The van der Waals surface area contributed by atoms with Gasteiger partial charge in [0.1, 0.15) is 0 Å². The van der Waals surface area contributed by atoms with Crippen LogP contribution in [0, 0.1) is 0 Å². The van der Waals surface area contributed by atoms with E-state index in [0.29, 0.717) is 31.5 Å². The smallest absolute Gasteiger partial charge is 0.373 e. The van der Waals surface area contributed by atoms with E-state index in [1.54, 1.807) is 11.8 Å². The minimum Gasteiger partial charge on any atom is -0.373 e. The lowest BCUT2D eigenvalue weighted by Crippen LogP contribution is -2.52. The number of amides is 1. The quantitative estimate of drug-likeness (QED) is 0.762. The Kier molecular flexibility index (Phi) is 6.18. The standard InChI is InChI=1S/C14H16ClF3N2O4S2/c1-13(22,14(16,17)18)12(21)19-11-3-2-9(8-10(11)15)26(23,24)20-4-6-25-7-5-20/h2-3,8,22H,4-7H2,1H3,(H,19,21). The Morgan fingerprint density at radius 1 is 1.31 bits per heavy atom. The Morgan fingerprint density at radius 3 is 2.38 bits per heavy atom. The first kappa shape index (κ1) is 21.3. The maximum atomic E-state index is 12.7. The Balaban J connectivity index is 2.23. The summed E-state index contributed by atoms with van der Waals surface area (Å²) in [6.07, 6.45) is -5.18. The van der Waals surface area contributed by atoms with Crippen LogP contribution in [-0.4, -0.2) is 60.1 Å². The van der Waals surface area contributed by atoms with Gasteiger partial charge in [-0.1, -0.05) is 11.6 Å². The Hall–Kier alpha value is -1.01. The van der Waals surface area contributed by atoms with Gasteiger partial charge in [0.25, 0.3) is 5.91 Å². The third-order valence-electron chi connectivity index (χ3n) is 3.79. The molecule has 146 valence electrons. The number of benzene rings is 1. The average molecular weight is 433 g/mol. The van der Waals surface area contributed by atoms with Gasteiger partial charge < -0.3 is 10.4 Å². The van der Waals surface area contributed by atoms with E-state index >= 15 is 0 Å². The van der Waals surface area contributed by atoms with Gasteiger partial charge in [-0.3, -0.25) is 4.79 Å². The number of thioether (sulfide) groups is 1. The highest BCUT2D eigenvalue weighted by molar-refractivity contribution is 7.99. The van der Waals surface area contributed by atoms with Gasteiger partial charge in [-0.25, -0.2) is 8.42 Å². The number of nitrogens with zero attached hydrogens (tertiary/aromatic N) is 1. The van der Waals surface area contributed by atoms with Crippen molar-refractivity contribution in [1.29, 1.82) is 0 Å². The highest BCUT2D eigenvalue weighted by Crippen LogP contribution is 2.33. The van der Waals surface area contributed by atoms with Gasteiger partial charge in [0.05, 0.1) is 15.6 Å². The second-order valence-corrected chi connectivity index (χ2v) is 9.25. The second kappa shape index (κ2) is 7.55. The van der Waals surface area contributed by atoms with Crippen LogP contribution in [0.5, 0.6) is 0 Å². The zero-order valence-corrected chi connectivity index (χ0v) is 15.9. The summed E-state index contributed by atoms with van der Waals surface area (Å²) in [5.41, 5.74) is -3.86. The average Bonchev–Trinajstić information content (AvgIpc) is 2.56. The number of aliphatic hydroxyl groups is 1. The van der Waals surface area contributed by atoms with E-state index in [0.717, 1.165) is 18.2 Å². The molecule has 0 radical (unpaired) electrons. The van der Waals surface area contributed by atoms with Crippen LogP contribution in [0.4, 0.5) is 18.9 Å². The molecule has 1 aromatic rings. The van der Waals surface area contributed by atoms with Gasteiger partial charge >= 0.3 is 6.18 Å². The summed E-state index contributed by atoms with van der Waals surface area (Å²) in [6, 6.07) is 3.27. The van der Waals surface area contributed by atoms with Crippen LogP contribution in [-0.2, 0) is 14.8 Å². The van der Waals surface area contributed by atoms with Crippen molar-refractivity contribution < 1.29 is 31.5 Å². The molecule has 0 spiro atoms. The van der Waals surface area contributed by atoms with Gasteiger partial charge in [-0.05, 0) is 25.1 Å². The fourth-order valence-corrected chi connectivity index (χ4v) is 4.96. The summed E-state index contributed by atoms with van der Waals surface area (Å²) in [5.74, 6) is -0.406. The van der Waals surface area contributed by atoms with Crippen LogP contribution in [0.1, 0.15) is 6.92 Å². The molecule has 1 aromatic carbocycles. The van der Waals surface area contributed by atoms with Crippen molar-refractivity contribution in [1.82, 2.24) is 4.31 Å². The van der Waals surface area contributed by atoms with E-state index < -0.39 is 27.7 Å². The molecule has 0 aromatic heterocycles. The normalized spacial score (nSPS) is 19.0. The fraction of sp³-hybridized carbons (Fsp3) is 0.500. The molecule has 1 amide bonds. The van der Waals surface area contributed by atoms with Crippen LogP contribution in [0.25, 0.3) is 0 Å². The molecule has 1 saturated heterocycles. The topological polar surface area (TPSA) is 86.7 Å². The third-order valence-corrected chi connectivity index (χ3v) is 6.94. The lowest BCUT2D eigenvalue weighted by atomic mass is 10.1. The molecule has 1 aliphatic heterocycles. The molecule has 1 unspecified atom stereocenters. The van der Waals surface area contributed by atoms with Crippen molar-refractivity contribution in [3.05, 3.63) is 23.2 Å². The van der Waals surface area contributed by atoms with E-state index in [1.807, 2.05) is 5.32 Å². The van der Waals surface area contributed by atoms with Crippen LogP contribution in [0.3, 0.4) is 0 Å². The predicted octanol–water partition coefficient (Wildman–Crippen LogP) is 2.33. The zero-order valence-electron chi connectivity index (χ0n) is 13.5. The highest BCUT2D eigenvalue weighted by Gasteiger charge is 2.55. The van der Waals surface area contributed by atoms with Gasteiger partial charge in [0, 0.05) is 24.6 Å². The molecular formula is C14H16ClF3N2O4S2. The van der Waals surface area contributed by atoms with Gasteiger partial charge in [-0.15, -0.1) is 0 Å². The number of hydrogen-bond acceptors (Lipinski definition) is 5. The number of nitrogens with one attached hydrogen (secondary N) is 1. The molecule has 6 nitrogen and oxygen atoms in total. The third kappa shape index (κ3) is 4.28. The molecule has 1 fully saturated rings. The maximum absolute atomic E-state index is 12.7. The van der Waals surface area contributed by atoms with Crippen LogP contribution >= 0.6 is 23.4 Å². The van der Waals surface area contributed by atoms with E-state index in [2.05, 4.69) is 0 Å². The van der Waals surface area contributed by atoms with Crippen LogP contribution < -0.4 is 5.32 Å². The lowest BCUT2D eigenvalue weighted by Gasteiger charge is -2.26. The van der Waals surface area contributed by atoms with Crippen molar-refractivity contribution in [3.63, 3.8) is 0 Å². The number of carbonyl (C=O) groups is 1. The number of anilines is 1. The van der Waals surface area contributed by atoms with Crippen molar-refractivity contribution in [3.8, 4) is 0 Å². The number of halogens is 4. The largest absolute Gasteiger partial charge is 0.426 e. The van der Waals surface area contributed by atoms with Crippen LogP contribution in [0.15, 0.2) is 23.1 Å². The van der Waals surface area contributed by atoms with Gasteiger partial charge in [0.15, 0.2) is 0 Å². The van der Waals surface area contributed by atoms with Crippen molar-refractivity contribution in [2.75, 3.05) is 29.9 Å². The van der Waals surface area contributed by atoms with E-state index in [9.17, 15) is 31.5 Å². The van der Waals surface area contributed by atoms with Crippen molar-refractivity contribution >= 4 is 45.0 Å². The first-order chi connectivity index (χ1) is 11.9. The minimum atomic E-state index is -5.18. The summed E-state index contributed by atoms with van der Waals surface area (Å²) < 4.78 is 64.4. The molecule has 26 heavy (non-hydrogen) atoms. The molecule has 1 heterocycles. The van der Waals surface area contributed by atoms with Gasteiger partial charge in [-0.2, -0.15) is 29.2 Å². The summed E-state index contributed by atoms with van der Waals surface area (Å²) >= 11 is 7.55. The monoisotopic (exact) mass is 432 g/mol. The van der Waals surface area contributed by atoms with Crippen LogP contribution in [0.2, 0.25) is 5.02 Å². The molecule has 1 atom stereocenters. The van der Waals surface area contributed by atoms with Crippen molar-refractivity contribution in [2.24, 2.45) is 0 Å². The number of carbonyl (C=O) groups excluding carboxylic acids is 1. The first-order valence-corrected chi connectivity index (χ1v) is 10.3. The molecule has 1 aliphatic rings. The zero-order chi connectivity index (χ0) is 19.8.